The first kappa shape index (κ1) is 17.6. The van der Waals surface area contributed by atoms with E-state index in [1.165, 1.54) is 0 Å². The van der Waals surface area contributed by atoms with Crippen LogP contribution < -0.4 is 5.32 Å². The molecule has 1 amide bonds. The highest BCUT2D eigenvalue weighted by molar-refractivity contribution is 5.83. The lowest BCUT2D eigenvalue weighted by molar-refractivity contribution is -0.142. The highest BCUT2D eigenvalue weighted by Crippen LogP contribution is 2.16. The van der Waals surface area contributed by atoms with E-state index in [2.05, 4.69) is 12.2 Å². The minimum absolute atomic E-state index is 0.0181. The van der Waals surface area contributed by atoms with Gasteiger partial charge in [0, 0.05) is 12.8 Å². The second-order valence-corrected chi connectivity index (χ2v) is 4.76. The van der Waals surface area contributed by atoms with Crippen LogP contribution in [0.3, 0.4) is 0 Å². The number of nitrogens with one attached hydrogen (secondary N) is 1. The van der Waals surface area contributed by atoms with E-state index in [0.717, 1.165) is 25.7 Å². The largest absolute Gasteiger partial charge is 0.480 e. The Morgan fingerprint density at radius 3 is 2.42 bits per heavy atom. The van der Waals surface area contributed by atoms with Crippen molar-refractivity contribution in [3.63, 3.8) is 0 Å². The van der Waals surface area contributed by atoms with Gasteiger partial charge in [0.15, 0.2) is 6.29 Å². The van der Waals surface area contributed by atoms with E-state index in [-0.39, 0.29) is 18.7 Å². The molecule has 5 nitrogen and oxygen atoms in total. The average molecular weight is 270 g/mol. The average Bonchev–Trinajstić information content (AvgIpc) is 2.38. The van der Waals surface area contributed by atoms with Gasteiger partial charge in [0.25, 0.3) is 0 Å². The molecule has 0 spiro atoms. The molecular formula is C14H24NO4. The van der Waals surface area contributed by atoms with Gasteiger partial charge in [-0.05, 0) is 18.8 Å². The van der Waals surface area contributed by atoms with Crippen molar-refractivity contribution in [2.24, 2.45) is 5.92 Å². The second kappa shape index (κ2) is 10.5. The molecule has 0 aliphatic carbocycles. The maximum absolute atomic E-state index is 11.8. The van der Waals surface area contributed by atoms with Crippen molar-refractivity contribution in [1.29, 1.82) is 0 Å². The van der Waals surface area contributed by atoms with Gasteiger partial charge in [-0.25, -0.2) is 4.79 Å². The van der Waals surface area contributed by atoms with Crippen LogP contribution in [0.1, 0.15) is 58.8 Å². The molecule has 0 aromatic heterocycles. The van der Waals surface area contributed by atoms with Crippen molar-refractivity contribution >= 4 is 18.2 Å². The third-order valence-corrected chi connectivity index (χ3v) is 3.19. The van der Waals surface area contributed by atoms with E-state index in [4.69, 9.17) is 5.11 Å². The van der Waals surface area contributed by atoms with Gasteiger partial charge in [0.05, 0.1) is 0 Å². The Bertz CT molecular complexity index is 291. The summed E-state index contributed by atoms with van der Waals surface area (Å²) in [5.74, 6) is -1.06. The molecule has 2 atom stereocenters. The van der Waals surface area contributed by atoms with Crippen LogP contribution in [0.5, 0.6) is 0 Å². The zero-order valence-electron chi connectivity index (χ0n) is 11.8. The lowest BCUT2D eigenvalue weighted by atomic mass is 9.95. The Morgan fingerprint density at radius 2 is 1.95 bits per heavy atom. The molecule has 0 rings (SSSR count). The smallest absolute Gasteiger partial charge is 0.326 e. The van der Waals surface area contributed by atoms with Crippen LogP contribution in [0.15, 0.2) is 0 Å². The summed E-state index contributed by atoms with van der Waals surface area (Å²) in [5.41, 5.74) is 0. The SMILES string of the molecule is CCCC[C@H](CC)CC(=O)N[C@@H](CC[C]=O)C(=O)O. The molecule has 5 heteroatoms. The molecule has 0 aromatic carbocycles. The molecule has 19 heavy (non-hydrogen) atoms. The van der Waals surface area contributed by atoms with Crippen LogP contribution in [-0.2, 0) is 14.4 Å². The van der Waals surface area contributed by atoms with Crippen LogP contribution in [-0.4, -0.2) is 29.3 Å². The first-order valence-corrected chi connectivity index (χ1v) is 6.92. The number of hydrogen-bond donors (Lipinski definition) is 2. The Labute approximate surface area is 114 Å². The molecule has 0 saturated heterocycles. The Kier molecular flexibility index (Phi) is 9.75. The molecule has 0 saturated carbocycles. The van der Waals surface area contributed by atoms with Crippen LogP contribution in [0, 0.1) is 5.92 Å². The molecule has 0 fully saturated rings. The second-order valence-electron chi connectivity index (χ2n) is 4.76. The summed E-state index contributed by atoms with van der Waals surface area (Å²) in [6.07, 6.45) is 6.17. The van der Waals surface area contributed by atoms with Crippen molar-refractivity contribution in [2.45, 2.75) is 64.8 Å². The standard InChI is InChI=1S/C14H24NO4/c1-3-5-7-11(4-2)10-13(17)15-12(14(18)19)8-6-9-16/h11-12H,3-8,10H2,1-2H3,(H,15,17)(H,18,19)/t11-,12-/m0/s1. The highest BCUT2D eigenvalue weighted by atomic mass is 16.4. The van der Waals surface area contributed by atoms with Gasteiger partial charge in [-0.2, -0.15) is 0 Å². The quantitative estimate of drug-likeness (QED) is 0.602. The van der Waals surface area contributed by atoms with Crippen LogP contribution >= 0.6 is 0 Å². The molecule has 109 valence electrons. The van der Waals surface area contributed by atoms with Crippen molar-refractivity contribution in [3.8, 4) is 0 Å². The molecule has 2 N–H and O–H groups in total. The molecule has 0 heterocycles. The number of carboxylic acid groups (broad SMARTS) is 1. The summed E-state index contributed by atoms with van der Waals surface area (Å²) in [7, 11) is 0. The van der Waals surface area contributed by atoms with Crippen molar-refractivity contribution < 1.29 is 19.5 Å². The molecule has 1 radical (unpaired) electrons. The number of carbonyl (C=O) groups excluding carboxylic acids is 2. The van der Waals surface area contributed by atoms with Crippen molar-refractivity contribution in [2.75, 3.05) is 0 Å². The summed E-state index contributed by atoms with van der Waals surface area (Å²) in [5, 5.41) is 11.4. The van der Waals surface area contributed by atoms with E-state index in [0.29, 0.717) is 12.3 Å². The van der Waals surface area contributed by atoms with Crippen LogP contribution in [0.2, 0.25) is 0 Å². The Balaban J connectivity index is 4.22. The molecule has 0 unspecified atom stereocenters. The molecule has 0 aliphatic rings. The van der Waals surface area contributed by atoms with Gasteiger partial charge in [0.1, 0.15) is 6.04 Å². The topological polar surface area (TPSA) is 83.5 Å². The number of carbonyl (C=O) groups is 2. The molecular weight excluding hydrogens is 246 g/mol. The lowest BCUT2D eigenvalue weighted by Gasteiger charge is -2.17. The van der Waals surface area contributed by atoms with Gasteiger partial charge in [0.2, 0.25) is 5.91 Å². The van der Waals surface area contributed by atoms with Crippen LogP contribution in [0.25, 0.3) is 0 Å². The third-order valence-electron chi connectivity index (χ3n) is 3.19. The Morgan fingerprint density at radius 1 is 1.26 bits per heavy atom. The maximum Gasteiger partial charge on any atom is 0.326 e. The normalized spacial score (nSPS) is 13.6. The molecule has 0 aliphatic heterocycles. The van der Waals surface area contributed by atoms with E-state index in [1.807, 2.05) is 6.92 Å². The lowest BCUT2D eigenvalue weighted by Crippen LogP contribution is -2.41. The zero-order chi connectivity index (χ0) is 14.7. The number of amides is 1. The Hall–Kier alpha value is -1.39. The third kappa shape index (κ3) is 8.35. The summed E-state index contributed by atoms with van der Waals surface area (Å²) in [6, 6.07) is -0.988. The predicted octanol–water partition coefficient (Wildman–Crippen LogP) is 2.05. The minimum Gasteiger partial charge on any atom is -0.480 e. The van der Waals surface area contributed by atoms with Gasteiger partial charge in [-0.3, -0.25) is 9.59 Å². The fraction of sp³-hybridized carbons (Fsp3) is 0.786. The fourth-order valence-corrected chi connectivity index (χ4v) is 1.92. The fourth-order valence-electron chi connectivity index (χ4n) is 1.92. The first-order valence-electron chi connectivity index (χ1n) is 6.92. The van der Waals surface area contributed by atoms with Crippen LogP contribution in [0.4, 0.5) is 0 Å². The van der Waals surface area contributed by atoms with Crippen molar-refractivity contribution in [3.05, 3.63) is 0 Å². The first-order chi connectivity index (χ1) is 9.04. The number of hydrogen-bond acceptors (Lipinski definition) is 3. The molecule has 0 aromatic rings. The number of aliphatic carboxylic acids is 1. The summed E-state index contributed by atoms with van der Waals surface area (Å²) in [6.45, 7) is 4.13. The number of carboxylic acids is 1. The van der Waals surface area contributed by atoms with Gasteiger partial charge >= 0.3 is 5.97 Å². The minimum atomic E-state index is -1.11. The van der Waals surface area contributed by atoms with E-state index in [9.17, 15) is 14.4 Å². The van der Waals surface area contributed by atoms with Crippen molar-refractivity contribution in [1.82, 2.24) is 5.32 Å². The number of rotatable bonds is 11. The van der Waals surface area contributed by atoms with Gasteiger partial charge < -0.3 is 10.4 Å². The predicted molar refractivity (Wildman–Crippen MR) is 72.4 cm³/mol. The van der Waals surface area contributed by atoms with Gasteiger partial charge in [-0.15, -0.1) is 0 Å². The number of unbranched alkanes of at least 4 members (excludes halogenated alkanes) is 1. The highest BCUT2D eigenvalue weighted by Gasteiger charge is 2.21. The van der Waals surface area contributed by atoms with E-state index >= 15 is 0 Å². The summed E-state index contributed by atoms with van der Waals surface area (Å²) < 4.78 is 0. The summed E-state index contributed by atoms with van der Waals surface area (Å²) in [4.78, 5) is 32.8. The molecule has 0 bridgehead atoms. The maximum atomic E-state index is 11.8. The zero-order valence-corrected chi connectivity index (χ0v) is 11.8. The monoisotopic (exact) mass is 270 g/mol. The van der Waals surface area contributed by atoms with Gasteiger partial charge in [-0.1, -0.05) is 33.1 Å². The van der Waals surface area contributed by atoms with E-state index in [1.54, 1.807) is 6.29 Å². The van der Waals surface area contributed by atoms with E-state index < -0.39 is 12.0 Å². The summed E-state index contributed by atoms with van der Waals surface area (Å²) >= 11 is 0.